The zero-order chi connectivity index (χ0) is 10.6. The number of nitrogens with one attached hydrogen (secondary N) is 1. The number of ether oxygens (including phenoxy) is 1. The van der Waals surface area contributed by atoms with Gasteiger partial charge in [-0.15, -0.1) is 0 Å². The summed E-state index contributed by atoms with van der Waals surface area (Å²) in [6.45, 7) is 5.28. The number of rotatable bonds is 7. The Balaban J connectivity index is 2.31. The van der Waals surface area contributed by atoms with Crippen LogP contribution in [0.2, 0.25) is 0 Å². The van der Waals surface area contributed by atoms with Crippen LogP contribution in [0.25, 0.3) is 0 Å². The Morgan fingerprint density at radius 3 is 2.64 bits per heavy atom. The van der Waals surface area contributed by atoms with Gasteiger partial charge < -0.3 is 15.2 Å². The van der Waals surface area contributed by atoms with E-state index in [1.165, 1.54) is 12.8 Å². The van der Waals surface area contributed by atoms with Gasteiger partial charge in [0.1, 0.15) is 0 Å². The van der Waals surface area contributed by atoms with Crippen molar-refractivity contribution in [3.05, 3.63) is 0 Å². The molecule has 2 unspecified atom stereocenters. The molecule has 2 N–H and O–H groups in total. The third-order valence-electron chi connectivity index (χ3n) is 3.14. The van der Waals surface area contributed by atoms with Gasteiger partial charge in [0.2, 0.25) is 0 Å². The van der Waals surface area contributed by atoms with E-state index in [1.54, 1.807) is 7.11 Å². The van der Waals surface area contributed by atoms with E-state index < -0.39 is 0 Å². The molecule has 0 bridgehead atoms. The lowest BCUT2D eigenvalue weighted by Gasteiger charge is -2.32. The fourth-order valence-electron chi connectivity index (χ4n) is 1.94. The molecule has 0 heterocycles. The van der Waals surface area contributed by atoms with Crippen LogP contribution in [0.15, 0.2) is 0 Å². The average Bonchev–Trinajstić information content (AvgIpc) is 2.97. The van der Waals surface area contributed by atoms with E-state index in [2.05, 4.69) is 19.2 Å². The minimum atomic E-state index is -0.0762. The van der Waals surface area contributed by atoms with Gasteiger partial charge in [-0.25, -0.2) is 0 Å². The van der Waals surface area contributed by atoms with Crippen molar-refractivity contribution in [2.24, 2.45) is 5.92 Å². The van der Waals surface area contributed by atoms with Crippen molar-refractivity contribution >= 4 is 0 Å². The van der Waals surface area contributed by atoms with E-state index in [1.807, 2.05) is 0 Å². The second kappa shape index (κ2) is 5.10. The molecule has 3 nitrogen and oxygen atoms in total. The van der Waals surface area contributed by atoms with Crippen LogP contribution in [0.5, 0.6) is 0 Å². The molecule has 1 aliphatic carbocycles. The highest BCUT2D eigenvalue weighted by Gasteiger charge is 2.41. The van der Waals surface area contributed by atoms with Gasteiger partial charge in [-0.3, -0.25) is 0 Å². The van der Waals surface area contributed by atoms with Crippen LogP contribution in [-0.2, 0) is 4.74 Å². The average molecular weight is 201 g/mol. The Morgan fingerprint density at radius 2 is 2.21 bits per heavy atom. The molecular formula is C11H23NO2. The molecule has 1 rings (SSSR count). The zero-order valence-electron chi connectivity index (χ0n) is 9.55. The lowest BCUT2D eigenvalue weighted by molar-refractivity contribution is 0.129. The fourth-order valence-corrected chi connectivity index (χ4v) is 1.94. The summed E-state index contributed by atoms with van der Waals surface area (Å²) in [4.78, 5) is 0. The summed E-state index contributed by atoms with van der Waals surface area (Å²) < 4.78 is 5.03. The van der Waals surface area contributed by atoms with Crippen LogP contribution in [0.3, 0.4) is 0 Å². The Morgan fingerprint density at radius 1 is 1.57 bits per heavy atom. The summed E-state index contributed by atoms with van der Waals surface area (Å²) in [6.07, 6.45) is 3.50. The first-order valence-electron chi connectivity index (χ1n) is 5.50. The molecule has 0 aromatic rings. The van der Waals surface area contributed by atoms with Gasteiger partial charge in [0, 0.05) is 25.3 Å². The molecule has 0 aromatic carbocycles. The van der Waals surface area contributed by atoms with E-state index >= 15 is 0 Å². The van der Waals surface area contributed by atoms with Crippen molar-refractivity contribution in [3.63, 3.8) is 0 Å². The molecule has 0 radical (unpaired) electrons. The van der Waals surface area contributed by atoms with Crippen molar-refractivity contribution in [2.75, 3.05) is 20.3 Å². The minimum absolute atomic E-state index is 0.0762. The highest BCUT2D eigenvalue weighted by Crippen LogP contribution is 2.39. The van der Waals surface area contributed by atoms with Gasteiger partial charge in [-0.1, -0.05) is 0 Å². The normalized spacial score (nSPS) is 23.1. The van der Waals surface area contributed by atoms with Crippen LogP contribution < -0.4 is 5.32 Å². The van der Waals surface area contributed by atoms with Crippen molar-refractivity contribution < 1.29 is 9.84 Å². The fraction of sp³-hybridized carbons (Fsp3) is 1.00. The van der Waals surface area contributed by atoms with Crippen molar-refractivity contribution in [1.82, 2.24) is 5.32 Å². The van der Waals surface area contributed by atoms with E-state index in [0.717, 1.165) is 13.0 Å². The lowest BCUT2D eigenvalue weighted by Crippen LogP contribution is -2.51. The lowest BCUT2D eigenvalue weighted by atomic mass is 9.95. The molecular weight excluding hydrogens is 178 g/mol. The van der Waals surface area contributed by atoms with Crippen LogP contribution >= 0.6 is 0 Å². The largest absolute Gasteiger partial charge is 0.394 e. The van der Waals surface area contributed by atoms with Crippen LogP contribution in [-0.4, -0.2) is 37.0 Å². The number of hydrogen-bond acceptors (Lipinski definition) is 3. The highest BCUT2D eigenvalue weighted by molar-refractivity contribution is 4.98. The van der Waals surface area contributed by atoms with Crippen LogP contribution in [0.4, 0.5) is 0 Å². The Kier molecular flexibility index (Phi) is 4.35. The molecule has 3 heteroatoms. The topological polar surface area (TPSA) is 41.5 Å². The molecule has 0 spiro atoms. The van der Waals surface area contributed by atoms with Gasteiger partial charge in [-0.05, 0) is 39.0 Å². The zero-order valence-corrected chi connectivity index (χ0v) is 9.55. The predicted octanol–water partition coefficient (Wildman–Crippen LogP) is 1.16. The number of methoxy groups -OCH3 is 1. The molecule has 1 fully saturated rings. The van der Waals surface area contributed by atoms with Gasteiger partial charge >= 0.3 is 0 Å². The Labute approximate surface area is 86.8 Å². The highest BCUT2D eigenvalue weighted by atomic mass is 16.5. The quantitative estimate of drug-likeness (QED) is 0.649. The first kappa shape index (κ1) is 12.0. The maximum absolute atomic E-state index is 9.38. The molecule has 14 heavy (non-hydrogen) atoms. The number of hydrogen-bond donors (Lipinski definition) is 2. The summed E-state index contributed by atoms with van der Waals surface area (Å²) in [7, 11) is 1.72. The van der Waals surface area contributed by atoms with Crippen molar-refractivity contribution in [3.8, 4) is 0 Å². The van der Waals surface area contributed by atoms with Crippen molar-refractivity contribution in [2.45, 2.75) is 44.7 Å². The first-order valence-corrected chi connectivity index (χ1v) is 5.50. The summed E-state index contributed by atoms with van der Waals surface area (Å²) in [5.41, 5.74) is -0.0762. The molecule has 2 atom stereocenters. The van der Waals surface area contributed by atoms with E-state index in [-0.39, 0.29) is 12.1 Å². The maximum Gasteiger partial charge on any atom is 0.0613 e. The van der Waals surface area contributed by atoms with Gasteiger partial charge in [-0.2, -0.15) is 0 Å². The van der Waals surface area contributed by atoms with Crippen LogP contribution in [0.1, 0.15) is 33.1 Å². The van der Waals surface area contributed by atoms with E-state index in [4.69, 9.17) is 4.74 Å². The third-order valence-corrected chi connectivity index (χ3v) is 3.14. The number of aliphatic hydroxyl groups excluding tert-OH is 1. The van der Waals surface area contributed by atoms with E-state index in [0.29, 0.717) is 12.0 Å². The first-order chi connectivity index (χ1) is 6.62. The Bertz CT molecular complexity index is 171. The molecule has 0 saturated heterocycles. The Hall–Kier alpha value is -0.120. The number of aliphatic hydroxyl groups is 1. The van der Waals surface area contributed by atoms with Gasteiger partial charge in [0.15, 0.2) is 0 Å². The van der Waals surface area contributed by atoms with Crippen LogP contribution in [0, 0.1) is 5.92 Å². The van der Waals surface area contributed by atoms with Gasteiger partial charge in [0.25, 0.3) is 0 Å². The predicted molar refractivity (Wildman–Crippen MR) is 57.3 cm³/mol. The molecule has 1 aliphatic rings. The summed E-state index contributed by atoms with van der Waals surface area (Å²) in [6, 6.07) is 0.410. The summed E-state index contributed by atoms with van der Waals surface area (Å²) in [5, 5.41) is 12.9. The standard InChI is InChI=1S/C11H23NO2/c1-9(6-7-14-3)12-11(2,8-13)10-4-5-10/h9-10,12-13H,4-8H2,1-3H3. The molecule has 1 saturated carbocycles. The SMILES string of the molecule is COCCC(C)NC(C)(CO)C1CC1. The maximum atomic E-state index is 9.38. The van der Waals surface area contributed by atoms with Gasteiger partial charge in [0.05, 0.1) is 6.61 Å². The summed E-state index contributed by atoms with van der Waals surface area (Å²) >= 11 is 0. The molecule has 84 valence electrons. The van der Waals surface area contributed by atoms with E-state index in [9.17, 15) is 5.11 Å². The minimum Gasteiger partial charge on any atom is -0.394 e. The smallest absolute Gasteiger partial charge is 0.0613 e. The third kappa shape index (κ3) is 3.23. The molecule has 0 aromatic heterocycles. The van der Waals surface area contributed by atoms with Crippen molar-refractivity contribution in [1.29, 1.82) is 0 Å². The molecule has 0 aliphatic heterocycles. The monoisotopic (exact) mass is 201 g/mol. The second-order valence-electron chi connectivity index (χ2n) is 4.68. The summed E-state index contributed by atoms with van der Waals surface area (Å²) in [5.74, 6) is 0.664. The second-order valence-corrected chi connectivity index (χ2v) is 4.68. The molecule has 0 amide bonds.